The molecule has 0 radical (unpaired) electrons. The first-order valence-corrected chi connectivity index (χ1v) is 11.3. The molecule has 2 atom stereocenters. The Balaban J connectivity index is 1.48. The van der Waals surface area contributed by atoms with Crippen LogP contribution in [0.5, 0.6) is 0 Å². The van der Waals surface area contributed by atoms with Gasteiger partial charge in [-0.2, -0.15) is 5.10 Å². The first kappa shape index (κ1) is 20.9. The summed E-state index contributed by atoms with van der Waals surface area (Å²) in [5.74, 6) is 0.312. The Hall–Kier alpha value is -3.00. The number of aliphatic hydroxyl groups excluding tert-OH is 1. The number of rotatable bonds is 3. The van der Waals surface area contributed by atoms with Gasteiger partial charge in [-0.25, -0.2) is 13.9 Å². The van der Waals surface area contributed by atoms with E-state index in [0.717, 1.165) is 60.5 Å². The molecule has 2 aliphatic heterocycles. The van der Waals surface area contributed by atoms with Gasteiger partial charge in [-0.3, -0.25) is 4.79 Å². The normalized spacial score (nSPS) is 21.5. The van der Waals surface area contributed by atoms with Crippen LogP contribution in [0.2, 0.25) is 0 Å². The van der Waals surface area contributed by atoms with Gasteiger partial charge in [0.05, 0.1) is 17.8 Å². The van der Waals surface area contributed by atoms with Gasteiger partial charge in [0, 0.05) is 43.0 Å². The van der Waals surface area contributed by atoms with Crippen molar-refractivity contribution < 1.29 is 14.3 Å². The molecule has 168 valence electrons. The zero-order valence-corrected chi connectivity index (χ0v) is 18.5. The molecule has 0 saturated carbocycles. The second-order valence-corrected chi connectivity index (χ2v) is 8.98. The van der Waals surface area contributed by atoms with E-state index in [1.807, 2.05) is 31.0 Å². The van der Waals surface area contributed by atoms with Gasteiger partial charge in [0.25, 0.3) is 5.91 Å². The fourth-order valence-corrected chi connectivity index (χ4v) is 4.90. The zero-order chi connectivity index (χ0) is 22.4. The van der Waals surface area contributed by atoms with E-state index >= 15 is 0 Å². The van der Waals surface area contributed by atoms with Crippen LogP contribution in [0.3, 0.4) is 0 Å². The Morgan fingerprint density at radius 2 is 1.97 bits per heavy atom. The van der Waals surface area contributed by atoms with E-state index in [-0.39, 0.29) is 18.1 Å². The van der Waals surface area contributed by atoms with Crippen molar-refractivity contribution in [1.82, 2.24) is 19.5 Å². The molecule has 1 aromatic carbocycles. The zero-order valence-electron chi connectivity index (χ0n) is 18.5. The van der Waals surface area contributed by atoms with Crippen molar-refractivity contribution in [3.8, 4) is 0 Å². The summed E-state index contributed by atoms with van der Waals surface area (Å²) in [6.45, 7) is 5.82. The van der Waals surface area contributed by atoms with Gasteiger partial charge in [0.1, 0.15) is 11.6 Å². The van der Waals surface area contributed by atoms with Crippen molar-refractivity contribution in [2.75, 3.05) is 24.5 Å². The molecule has 2 fully saturated rings. The highest BCUT2D eigenvalue weighted by Gasteiger charge is 2.32. The molecule has 2 saturated heterocycles. The minimum atomic E-state index is -0.403. The van der Waals surface area contributed by atoms with E-state index in [0.29, 0.717) is 18.7 Å². The quantitative estimate of drug-likeness (QED) is 0.680. The Labute approximate surface area is 186 Å². The predicted octanol–water partition coefficient (Wildman–Crippen LogP) is 3.42. The van der Waals surface area contributed by atoms with Gasteiger partial charge in [-0.15, -0.1) is 0 Å². The molecule has 0 spiro atoms. The molecule has 1 unspecified atom stereocenters. The largest absolute Gasteiger partial charge is 0.391 e. The summed E-state index contributed by atoms with van der Waals surface area (Å²) in [5.41, 5.74) is 3.70. The van der Waals surface area contributed by atoms with Crippen LogP contribution in [0, 0.1) is 19.7 Å². The first-order chi connectivity index (χ1) is 15.4. The first-order valence-electron chi connectivity index (χ1n) is 11.3. The number of anilines is 1. The number of hydrogen-bond acceptors (Lipinski definition) is 5. The average molecular weight is 438 g/mol. The summed E-state index contributed by atoms with van der Waals surface area (Å²) in [6.07, 6.45) is 5.12. The lowest BCUT2D eigenvalue weighted by Gasteiger charge is -2.35. The van der Waals surface area contributed by atoms with Crippen LogP contribution in [-0.2, 0) is 0 Å². The molecule has 1 N–H and O–H groups in total. The van der Waals surface area contributed by atoms with Crippen molar-refractivity contribution >= 4 is 17.4 Å². The lowest BCUT2D eigenvalue weighted by molar-refractivity contribution is 0.0604. The maximum Gasteiger partial charge on any atom is 0.254 e. The minimum Gasteiger partial charge on any atom is -0.391 e. The van der Waals surface area contributed by atoms with E-state index in [9.17, 15) is 14.3 Å². The van der Waals surface area contributed by atoms with E-state index in [4.69, 9.17) is 10.1 Å². The summed E-state index contributed by atoms with van der Waals surface area (Å²) >= 11 is 0. The second kappa shape index (κ2) is 8.16. The van der Waals surface area contributed by atoms with Gasteiger partial charge in [-0.1, -0.05) is 6.07 Å². The summed E-state index contributed by atoms with van der Waals surface area (Å²) < 4.78 is 15.6. The maximum absolute atomic E-state index is 13.8. The number of halogens is 1. The van der Waals surface area contributed by atoms with Gasteiger partial charge in [0.15, 0.2) is 5.65 Å². The Bertz CT molecular complexity index is 1180. The van der Waals surface area contributed by atoms with Crippen LogP contribution in [-0.4, -0.2) is 56.2 Å². The third-order valence-electron chi connectivity index (χ3n) is 6.62. The summed E-state index contributed by atoms with van der Waals surface area (Å²) in [7, 11) is 0. The van der Waals surface area contributed by atoms with Crippen LogP contribution in [0.4, 0.5) is 10.2 Å². The Morgan fingerprint density at radius 1 is 1.12 bits per heavy atom. The molecule has 0 aliphatic carbocycles. The molecule has 3 aromatic rings. The van der Waals surface area contributed by atoms with E-state index < -0.39 is 5.82 Å². The summed E-state index contributed by atoms with van der Waals surface area (Å²) in [5, 5.41) is 14.7. The molecule has 32 heavy (non-hydrogen) atoms. The standard InChI is InChI=1S/C24H28FN5O2/c1-15-6-7-17(25)11-19(15)24(32)29-9-4-3-5-21(29)20-12-22-26-23(16(2)13-30(22)27-20)28-10-8-18(31)14-28/h6-7,11-13,18,21,31H,3-5,8-10,14H2,1-2H3/t18-,21?/m1/s1. The number of benzene rings is 1. The van der Waals surface area contributed by atoms with Crippen molar-refractivity contribution in [2.24, 2.45) is 0 Å². The maximum atomic E-state index is 13.8. The highest BCUT2D eigenvalue weighted by Crippen LogP contribution is 2.33. The van der Waals surface area contributed by atoms with Gasteiger partial charge < -0.3 is 14.9 Å². The number of aryl methyl sites for hydroxylation is 2. The smallest absolute Gasteiger partial charge is 0.254 e. The van der Waals surface area contributed by atoms with Crippen molar-refractivity contribution in [3.63, 3.8) is 0 Å². The topological polar surface area (TPSA) is 74.0 Å². The second-order valence-electron chi connectivity index (χ2n) is 8.98. The lowest BCUT2D eigenvalue weighted by atomic mass is 9.97. The van der Waals surface area contributed by atoms with Crippen molar-refractivity contribution in [1.29, 1.82) is 0 Å². The molecule has 2 aliphatic rings. The molecule has 8 heteroatoms. The number of amides is 1. The van der Waals surface area contributed by atoms with Gasteiger partial charge in [0.2, 0.25) is 0 Å². The van der Waals surface area contributed by atoms with Crippen molar-refractivity contribution in [2.45, 2.75) is 51.7 Å². The molecule has 0 bridgehead atoms. The molecule has 7 nitrogen and oxygen atoms in total. The number of likely N-dealkylation sites (tertiary alicyclic amines) is 1. The number of aromatic nitrogens is 3. The number of fused-ring (bicyclic) bond motifs is 1. The number of aliphatic hydroxyl groups is 1. The molecule has 1 amide bonds. The van der Waals surface area contributed by atoms with Crippen LogP contribution < -0.4 is 4.90 Å². The Kier molecular flexibility index (Phi) is 5.33. The summed E-state index contributed by atoms with van der Waals surface area (Å²) in [4.78, 5) is 22.1. The van der Waals surface area contributed by atoms with E-state index in [2.05, 4.69) is 4.90 Å². The third kappa shape index (κ3) is 3.72. The highest BCUT2D eigenvalue weighted by molar-refractivity contribution is 5.96. The van der Waals surface area contributed by atoms with Crippen LogP contribution in [0.25, 0.3) is 5.65 Å². The van der Waals surface area contributed by atoms with Crippen LogP contribution >= 0.6 is 0 Å². The highest BCUT2D eigenvalue weighted by atomic mass is 19.1. The predicted molar refractivity (Wildman–Crippen MR) is 119 cm³/mol. The van der Waals surface area contributed by atoms with E-state index in [1.54, 1.807) is 10.6 Å². The molecule has 2 aromatic heterocycles. The lowest BCUT2D eigenvalue weighted by Crippen LogP contribution is -2.39. The molecule has 4 heterocycles. The monoisotopic (exact) mass is 437 g/mol. The van der Waals surface area contributed by atoms with Crippen LogP contribution in [0.1, 0.15) is 58.9 Å². The number of carbonyl (C=O) groups excluding carboxylic acids is 1. The Morgan fingerprint density at radius 3 is 2.75 bits per heavy atom. The summed E-state index contributed by atoms with van der Waals surface area (Å²) in [6, 6.07) is 6.14. The number of piperidine rings is 1. The number of nitrogens with zero attached hydrogens (tertiary/aromatic N) is 5. The van der Waals surface area contributed by atoms with Crippen LogP contribution in [0.15, 0.2) is 30.5 Å². The van der Waals surface area contributed by atoms with E-state index in [1.165, 1.54) is 12.1 Å². The number of hydrogen-bond donors (Lipinski definition) is 1. The third-order valence-corrected chi connectivity index (χ3v) is 6.62. The van der Waals surface area contributed by atoms with Gasteiger partial charge in [-0.05, 0) is 57.2 Å². The van der Waals surface area contributed by atoms with Gasteiger partial charge >= 0.3 is 0 Å². The molecular formula is C24H28FN5O2. The molecular weight excluding hydrogens is 409 g/mol. The fourth-order valence-electron chi connectivity index (χ4n) is 4.90. The fraction of sp³-hybridized carbons (Fsp3) is 0.458. The van der Waals surface area contributed by atoms with Crippen molar-refractivity contribution in [3.05, 3.63) is 58.7 Å². The molecule has 5 rings (SSSR count). The number of carbonyl (C=O) groups is 1. The number of β-amino-alcohol motifs (C(OH)–C–C–N with tert-alkyl or cyclic N) is 1. The SMILES string of the molecule is Cc1ccc(F)cc1C(=O)N1CCCCC1c1cc2nc(N3CC[C@@H](O)C3)c(C)cn2n1. The average Bonchev–Trinajstić information content (AvgIpc) is 3.40. The minimum absolute atomic E-state index is 0.153.